The number of fused-ring (bicyclic) bond motifs is 1. The van der Waals surface area contributed by atoms with Gasteiger partial charge in [-0.05, 0) is 25.5 Å². The molecule has 0 unspecified atom stereocenters. The molecule has 0 saturated heterocycles. The van der Waals surface area contributed by atoms with Crippen molar-refractivity contribution in [2.75, 3.05) is 14.2 Å². The molecule has 0 atom stereocenters. The number of hydrogen-bond donors (Lipinski definition) is 0. The van der Waals surface area contributed by atoms with Gasteiger partial charge >= 0.3 is 0 Å². The Labute approximate surface area is 105 Å². The number of hydrogen-bond acceptors (Lipinski definition) is 3. The average molecular weight is 252 g/mol. The first-order valence-electron chi connectivity index (χ1n) is 5.27. The van der Waals surface area contributed by atoms with Crippen LogP contribution in [0.4, 0.5) is 0 Å². The smallest absolute Gasteiger partial charge is 0.148 e. The van der Waals surface area contributed by atoms with Crippen molar-refractivity contribution in [1.29, 1.82) is 0 Å². The number of benzene rings is 1. The van der Waals surface area contributed by atoms with E-state index in [0.29, 0.717) is 16.5 Å². The molecule has 0 fully saturated rings. The quantitative estimate of drug-likeness (QED) is 0.818. The second-order valence-electron chi connectivity index (χ2n) is 3.86. The molecule has 2 aromatic rings. The SMILES string of the molecule is COc1cc(OC)c2nc(C)c(C)c(Cl)c2c1. The lowest BCUT2D eigenvalue weighted by Crippen LogP contribution is -1.95. The van der Waals surface area contributed by atoms with E-state index in [-0.39, 0.29) is 0 Å². The maximum atomic E-state index is 6.34. The van der Waals surface area contributed by atoms with Gasteiger partial charge in [-0.3, -0.25) is 0 Å². The first-order valence-corrected chi connectivity index (χ1v) is 5.64. The number of halogens is 1. The van der Waals surface area contributed by atoms with Crippen LogP contribution in [0.25, 0.3) is 10.9 Å². The summed E-state index contributed by atoms with van der Waals surface area (Å²) in [6.07, 6.45) is 0. The highest BCUT2D eigenvalue weighted by atomic mass is 35.5. The molecule has 0 saturated carbocycles. The van der Waals surface area contributed by atoms with Crippen molar-refractivity contribution in [3.8, 4) is 11.5 Å². The zero-order valence-electron chi connectivity index (χ0n) is 10.3. The lowest BCUT2D eigenvalue weighted by molar-refractivity contribution is 0.397. The number of methoxy groups -OCH3 is 2. The summed E-state index contributed by atoms with van der Waals surface area (Å²) in [5, 5.41) is 1.55. The number of aromatic nitrogens is 1. The van der Waals surface area contributed by atoms with E-state index in [2.05, 4.69) is 4.98 Å². The van der Waals surface area contributed by atoms with Crippen LogP contribution in [-0.4, -0.2) is 19.2 Å². The first-order chi connectivity index (χ1) is 8.08. The molecule has 90 valence electrons. The zero-order valence-corrected chi connectivity index (χ0v) is 11.1. The molecular weight excluding hydrogens is 238 g/mol. The minimum atomic E-state index is 0.671. The lowest BCUT2D eigenvalue weighted by Gasteiger charge is -2.12. The van der Waals surface area contributed by atoms with E-state index in [0.717, 1.165) is 22.2 Å². The Balaban J connectivity index is 2.89. The molecule has 1 aromatic heterocycles. The normalized spacial score (nSPS) is 10.6. The van der Waals surface area contributed by atoms with Gasteiger partial charge in [-0.1, -0.05) is 11.6 Å². The van der Waals surface area contributed by atoms with Gasteiger partial charge in [0, 0.05) is 17.1 Å². The van der Waals surface area contributed by atoms with Crippen molar-refractivity contribution in [2.24, 2.45) is 0 Å². The summed E-state index contributed by atoms with van der Waals surface area (Å²) in [6.45, 7) is 3.89. The molecule has 0 spiro atoms. The summed E-state index contributed by atoms with van der Waals surface area (Å²) >= 11 is 6.34. The van der Waals surface area contributed by atoms with E-state index in [4.69, 9.17) is 21.1 Å². The molecule has 2 rings (SSSR count). The monoisotopic (exact) mass is 251 g/mol. The molecule has 0 aliphatic carbocycles. The van der Waals surface area contributed by atoms with Crippen LogP contribution in [0.2, 0.25) is 5.02 Å². The Bertz CT molecular complexity index is 581. The Kier molecular flexibility index (Phi) is 3.11. The van der Waals surface area contributed by atoms with Crippen LogP contribution in [0.1, 0.15) is 11.3 Å². The predicted molar refractivity (Wildman–Crippen MR) is 69.3 cm³/mol. The third-order valence-electron chi connectivity index (χ3n) is 2.89. The van der Waals surface area contributed by atoms with Crippen molar-refractivity contribution in [3.05, 3.63) is 28.4 Å². The van der Waals surface area contributed by atoms with Crippen LogP contribution in [-0.2, 0) is 0 Å². The van der Waals surface area contributed by atoms with Gasteiger partial charge in [0.05, 0.1) is 19.2 Å². The minimum Gasteiger partial charge on any atom is -0.497 e. The first kappa shape index (κ1) is 12.0. The van der Waals surface area contributed by atoms with E-state index in [1.807, 2.05) is 19.9 Å². The molecule has 0 aliphatic rings. The van der Waals surface area contributed by atoms with Gasteiger partial charge < -0.3 is 9.47 Å². The molecular formula is C13H14ClNO2. The fourth-order valence-electron chi connectivity index (χ4n) is 1.75. The average Bonchev–Trinajstić information content (AvgIpc) is 2.35. The number of pyridine rings is 1. The fraction of sp³-hybridized carbons (Fsp3) is 0.308. The maximum absolute atomic E-state index is 6.34. The van der Waals surface area contributed by atoms with Crippen molar-refractivity contribution in [2.45, 2.75) is 13.8 Å². The van der Waals surface area contributed by atoms with Crippen molar-refractivity contribution in [3.63, 3.8) is 0 Å². The highest BCUT2D eigenvalue weighted by Gasteiger charge is 2.13. The summed E-state index contributed by atoms with van der Waals surface area (Å²) < 4.78 is 10.5. The Morgan fingerprint density at radius 1 is 1.12 bits per heavy atom. The third-order valence-corrected chi connectivity index (χ3v) is 3.38. The second kappa shape index (κ2) is 4.41. The molecule has 17 heavy (non-hydrogen) atoms. The van der Waals surface area contributed by atoms with Gasteiger partial charge in [0.1, 0.15) is 17.0 Å². The Morgan fingerprint density at radius 2 is 1.82 bits per heavy atom. The van der Waals surface area contributed by atoms with Crippen LogP contribution in [0.5, 0.6) is 11.5 Å². The molecule has 3 nitrogen and oxygen atoms in total. The number of nitrogens with zero attached hydrogens (tertiary/aromatic N) is 1. The van der Waals surface area contributed by atoms with Gasteiger partial charge in [0.25, 0.3) is 0 Å². The van der Waals surface area contributed by atoms with Crippen molar-refractivity contribution < 1.29 is 9.47 Å². The van der Waals surface area contributed by atoms with Crippen LogP contribution in [0, 0.1) is 13.8 Å². The number of ether oxygens (including phenoxy) is 2. The number of rotatable bonds is 2. The maximum Gasteiger partial charge on any atom is 0.148 e. The summed E-state index contributed by atoms with van der Waals surface area (Å²) in [4.78, 5) is 4.52. The number of aryl methyl sites for hydroxylation is 1. The summed E-state index contributed by atoms with van der Waals surface area (Å²) in [7, 11) is 3.22. The van der Waals surface area contributed by atoms with Crippen molar-refractivity contribution in [1.82, 2.24) is 4.98 Å². The summed E-state index contributed by atoms with van der Waals surface area (Å²) in [6, 6.07) is 3.68. The Morgan fingerprint density at radius 3 is 2.41 bits per heavy atom. The molecule has 4 heteroatoms. The standard InChI is InChI=1S/C13H14ClNO2/c1-7-8(2)15-13-10(12(7)14)5-9(16-3)6-11(13)17-4/h5-6H,1-4H3. The van der Waals surface area contributed by atoms with Crippen LogP contribution >= 0.6 is 11.6 Å². The molecule has 0 radical (unpaired) electrons. The van der Waals surface area contributed by atoms with Gasteiger partial charge in [-0.15, -0.1) is 0 Å². The minimum absolute atomic E-state index is 0.671. The van der Waals surface area contributed by atoms with Crippen LogP contribution in [0.3, 0.4) is 0 Å². The molecule has 0 aliphatic heterocycles. The van der Waals surface area contributed by atoms with E-state index in [9.17, 15) is 0 Å². The highest BCUT2D eigenvalue weighted by molar-refractivity contribution is 6.36. The topological polar surface area (TPSA) is 31.4 Å². The molecule has 0 amide bonds. The van der Waals surface area contributed by atoms with E-state index < -0.39 is 0 Å². The second-order valence-corrected chi connectivity index (χ2v) is 4.24. The molecule has 0 N–H and O–H groups in total. The third kappa shape index (κ3) is 1.91. The van der Waals surface area contributed by atoms with Gasteiger partial charge in [-0.25, -0.2) is 4.98 Å². The van der Waals surface area contributed by atoms with Crippen LogP contribution < -0.4 is 9.47 Å². The lowest BCUT2D eigenvalue weighted by atomic mass is 10.1. The van der Waals surface area contributed by atoms with E-state index >= 15 is 0 Å². The predicted octanol–water partition coefficient (Wildman–Crippen LogP) is 3.52. The fourth-order valence-corrected chi connectivity index (χ4v) is 2.03. The zero-order chi connectivity index (χ0) is 12.6. The largest absolute Gasteiger partial charge is 0.497 e. The van der Waals surface area contributed by atoms with Gasteiger partial charge in [0.15, 0.2) is 0 Å². The molecule has 1 aromatic carbocycles. The van der Waals surface area contributed by atoms with Crippen molar-refractivity contribution >= 4 is 22.5 Å². The molecule has 0 bridgehead atoms. The van der Waals surface area contributed by atoms with Gasteiger partial charge in [0.2, 0.25) is 0 Å². The highest BCUT2D eigenvalue weighted by Crippen LogP contribution is 2.36. The summed E-state index contributed by atoms with van der Waals surface area (Å²) in [5.74, 6) is 1.38. The summed E-state index contributed by atoms with van der Waals surface area (Å²) in [5.41, 5.74) is 2.65. The van der Waals surface area contributed by atoms with Gasteiger partial charge in [-0.2, -0.15) is 0 Å². The van der Waals surface area contributed by atoms with Crippen LogP contribution in [0.15, 0.2) is 12.1 Å². The molecule has 1 heterocycles. The van der Waals surface area contributed by atoms with E-state index in [1.165, 1.54) is 0 Å². The Hall–Kier alpha value is -1.48. The van der Waals surface area contributed by atoms with E-state index in [1.54, 1.807) is 20.3 Å².